The third kappa shape index (κ3) is 2.96. The van der Waals surface area contributed by atoms with E-state index in [4.69, 9.17) is 5.73 Å². The van der Waals surface area contributed by atoms with Crippen molar-refractivity contribution in [1.82, 2.24) is 10.6 Å². The lowest BCUT2D eigenvalue weighted by molar-refractivity contribution is -0.126. The molecule has 4 N–H and O–H groups in total. The molecule has 14 heavy (non-hydrogen) atoms. The van der Waals surface area contributed by atoms with E-state index >= 15 is 0 Å². The van der Waals surface area contributed by atoms with Crippen molar-refractivity contribution >= 4 is 5.91 Å². The van der Waals surface area contributed by atoms with Crippen molar-refractivity contribution in [2.24, 2.45) is 11.7 Å². The first-order chi connectivity index (χ1) is 6.41. The molecule has 0 aliphatic carbocycles. The molecule has 0 aromatic rings. The molecule has 1 saturated heterocycles. The highest BCUT2D eigenvalue weighted by atomic mass is 16.2. The highest BCUT2D eigenvalue weighted by Crippen LogP contribution is 2.12. The van der Waals surface area contributed by atoms with Crippen LogP contribution in [0.15, 0.2) is 0 Å². The predicted molar refractivity (Wildman–Crippen MR) is 56.8 cm³/mol. The van der Waals surface area contributed by atoms with E-state index in [0.29, 0.717) is 5.92 Å². The number of rotatable bonds is 2. The SMILES string of the molecule is CC1CCNCC1NC(=O)C(C)(C)N. The zero-order valence-corrected chi connectivity index (χ0v) is 9.26. The van der Waals surface area contributed by atoms with Gasteiger partial charge in [0.25, 0.3) is 0 Å². The van der Waals surface area contributed by atoms with Crippen molar-refractivity contribution < 1.29 is 4.79 Å². The monoisotopic (exact) mass is 199 g/mol. The maximum Gasteiger partial charge on any atom is 0.239 e. The summed E-state index contributed by atoms with van der Waals surface area (Å²) in [5, 5.41) is 6.25. The van der Waals surface area contributed by atoms with Crippen molar-refractivity contribution in [2.45, 2.75) is 38.8 Å². The zero-order valence-electron chi connectivity index (χ0n) is 9.26. The molecule has 1 amide bonds. The van der Waals surface area contributed by atoms with Crippen molar-refractivity contribution in [3.05, 3.63) is 0 Å². The van der Waals surface area contributed by atoms with Gasteiger partial charge in [-0.2, -0.15) is 0 Å². The Morgan fingerprint density at radius 2 is 2.21 bits per heavy atom. The van der Waals surface area contributed by atoms with Crippen LogP contribution in [0.5, 0.6) is 0 Å². The van der Waals surface area contributed by atoms with E-state index in [-0.39, 0.29) is 11.9 Å². The van der Waals surface area contributed by atoms with Gasteiger partial charge in [0, 0.05) is 12.6 Å². The minimum atomic E-state index is -0.781. The van der Waals surface area contributed by atoms with Gasteiger partial charge in [-0.05, 0) is 32.7 Å². The minimum Gasteiger partial charge on any atom is -0.350 e. The van der Waals surface area contributed by atoms with Gasteiger partial charge in [0.05, 0.1) is 5.54 Å². The summed E-state index contributed by atoms with van der Waals surface area (Å²) in [6, 6.07) is 0.221. The van der Waals surface area contributed by atoms with Crippen molar-refractivity contribution in [1.29, 1.82) is 0 Å². The lowest BCUT2D eigenvalue weighted by atomic mass is 9.93. The van der Waals surface area contributed by atoms with E-state index in [0.717, 1.165) is 19.5 Å². The Morgan fingerprint density at radius 3 is 2.71 bits per heavy atom. The fraction of sp³-hybridized carbons (Fsp3) is 0.900. The van der Waals surface area contributed by atoms with E-state index in [1.807, 2.05) is 0 Å². The molecule has 4 heteroatoms. The van der Waals surface area contributed by atoms with E-state index in [1.54, 1.807) is 13.8 Å². The van der Waals surface area contributed by atoms with Gasteiger partial charge in [-0.1, -0.05) is 6.92 Å². The van der Waals surface area contributed by atoms with Crippen LogP contribution >= 0.6 is 0 Å². The Balaban J connectivity index is 2.46. The lowest BCUT2D eigenvalue weighted by Gasteiger charge is -2.32. The van der Waals surface area contributed by atoms with Crippen LogP contribution in [-0.4, -0.2) is 30.6 Å². The molecule has 1 rings (SSSR count). The zero-order chi connectivity index (χ0) is 10.8. The summed E-state index contributed by atoms with van der Waals surface area (Å²) in [7, 11) is 0. The number of carbonyl (C=O) groups excluding carboxylic acids is 1. The van der Waals surface area contributed by atoms with Gasteiger partial charge >= 0.3 is 0 Å². The van der Waals surface area contributed by atoms with Crippen molar-refractivity contribution in [2.75, 3.05) is 13.1 Å². The fourth-order valence-electron chi connectivity index (χ4n) is 1.54. The molecule has 82 valence electrons. The fourth-order valence-corrected chi connectivity index (χ4v) is 1.54. The highest BCUT2D eigenvalue weighted by molar-refractivity contribution is 5.85. The molecule has 2 unspecified atom stereocenters. The lowest BCUT2D eigenvalue weighted by Crippen LogP contribution is -2.57. The van der Waals surface area contributed by atoms with Gasteiger partial charge in [-0.25, -0.2) is 0 Å². The molecule has 0 spiro atoms. The van der Waals surface area contributed by atoms with Crippen LogP contribution in [0.25, 0.3) is 0 Å². The minimum absolute atomic E-state index is 0.0712. The quantitative estimate of drug-likeness (QED) is 0.579. The third-order valence-corrected chi connectivity index (χ3v) is 2.73. The first kappa shape index (κ1) is 11.5. The number of piperidine rings is 1. The van der Waals surface area contributed by atoms with E-state index < -0.39 is 5.54 Å². The Kier molecular flexibility index (Phi) is 3.50. The first-order valence-corrected chi connectivity index (χ1v) is 5.22. The van der Waals surface area contributed by atoms with Gasteiger partial charge in [0.1, 0.15) is 0 Å². The summed E-state index contributed by atoms with van der Waals surface area (Å²) < 4.78 is 0. The number of hydrogen-bond acceptors (Lipinski definition) is 3. The number of carbonyl (C=O) groups is 1. The molecule has 0 radical (unpaired) electrons. The topological polar surface area (TPSA) is 67.1 Å². The van der Waals surface area contributed by atoms with Crippen molar-refractivity contribution in [3.63, 3.8) is 0 Å². The molecule has 0 bridgehead atoms. The average molecular weight is 199 g/mol. The molecule has 0 aromatic carbocycles. The highest BCUT2D eigenvalue weighted by Gasteiger charge is 2.28. The molecule has 1 fully saturated rings. The smallest absolute Gasteiger partial charge is 0.239 e. The van der Waals surface area contributed by atoms with Gasteiger partial charge in [-0.3, -0.25) is 4.79 Å². The third-order valence-electron chi connectivity index (χ3n) is 2.73. The standard InChI is InChI=1S/C10H21N3O/c1-7-4-5-12-6-8(7)13-9(14)10(2,3)11/h7-8,12H,4-6,11H2,1-3H3,(H,13,14). The maximum atomic E-state index is 11.6. The molecular formula is C10H21N3O. The largest absolute Gasteiger partial charge is 0.350 e. The summed E-state index contributed by atoms with van der Waals surface area (Å²) in [4.78, 5) is 11.6. The normalized spacial score (nSPS) is 28.6. The second-order valence-electron chi connectivity index (χ2n) is 4.77. The molecule has 1 aliphatic heterocycles. The van der Waals surface area contributed by atoms with Crippen LogP contribution in [-0.2, 0) is 4.79 Å². The second-order valence-corrected chi connectivity index (χ2v) is 4.77. The molecule has 2 atom stereocenters. The van der Waals surface area contributed by atoms with Gasteiger partial charge in [-0.15, -0.1) is 0 Å². The summed E-state index contributed by atoms with van der Waals surface area (Å²) in [5.74, 6) is 0.459. The van der Waals surface area contributed by atoms with E-state index in [9.17, 15) is 4.79 Å². The van der Waals surface area contributed by atoms with Crippen LogP contribution < -0.4 is 16.4 Å². The molecule has 0 saturated carbocycles. The average Bonchev–Trinajstić information content (AvgIpc) is 2.07. The number of hydrogen-bond donors (Lipinski definition) is 3. The van der Waals surface area contributed by atoms with E-state index in [2.05, 4.69) is 17.6 Å². The number of nitrogens with one attached hydrogen (secondary N) is 2. The van der Waals surface area contributed by atoms with Crippen LogP contribution in [0, 0.1) is 5.92 Å². The summed E-state index contributed by atoms with van der Waals surface area (Å²) in [6.45, 7) is 7.50. The summed E-state index contributed by atoms with van der Waals surface area (Å²) >= 11 is 0. The Morgan fingerprint density at radius 1 is 1.57 bits per heavy atom. The first-order valence-electron chi connectivity index (χ1n) is 5.22. The van der Waals surface area contributed by atoms with E-state index in [1.165, 1.54) is 0 Å². The number of nitrogens with two attached hydrogens (primary N) is 1. The Labute approximate surface area is 85.6 Å². The Bertz CT molecular complexity index is 210. The van der Waals surface area contributed by atoms with Crippen LogP contribution in [0.3, 0.4) is 0 Å². The molecule has 0 aromatic heterocycles. The predicted octanol–water partition coefficient (Wildman–Crippen LogP) is -0.162. The van der Waals surface area contributed by atoms with Crippen LogP contribution in [0.2, 0.25) is 0 Å². The molecule has 1 heterocycles. The van der Waals surface area contributed by atoms with Crippen molar-refractivity contribution in [3.8, 4) is 0 Å². The molecule has 4 nitrogen and oxygen atoms in total. The maximum absolute atomic E-state index is 11.6. The van der Waals surface area contributed by atoms with Gasteiger partial charge < -0.3 is 16.4 Å². The summed E-state index contributed by atoms with van der Waals surface area (Å²) in [6.07, 6.45) is 1.11. The summed E-state index contributed by atoms with van der Waals surface area (Å²) in [5.41, 5.74) is 4.93. The van der Waals surface area contributed by atoms with Gasteiger partial charge in [0.15, 0.2) is 0 Å². The second kappa shape index (κ2) is 4.28. The van der Waals surface area contributed by atoms with Crippen LogP contribution in [0.1, 0.15) is 27.2 Å². The van der Waals surface area contributed by atoms with Gasteiger partial charge in [0.2, 0.25) is 5.91 Å². The molecular weight excluding hydrogens is 178 g/mol. The van der Waals surface area contributed by atoms with Crippen LogP contribution in [0.4, 0.5) is 0 Å². The Hall–Kier alpha value is -0.610. The molecule has 1 aliphatic rings. The number of amides is 1.